The summed E-state index contributed by atoms with van der Waals surface area (Å²) in [6, 6.07) is 9.24. The summed E-state index contributed by atoms with van der Waals surface area (Å²) < 4.78 is 15.0. The zero-order valence-electron chi connectivity index (χ0n) is 7.64. The number of fused-ring (bicyclic) bond motifs is 1. The number of hydrogen-bond acceptors (Lipinski definition) is 4. The Kier molecular flexibility index (Phi) is 5.39. The maximum atomic E-state index is 10.2. The molecule has 66 valence electrons. The van der Waals surface area contributed by atoms with Crippen molar-refractivity contribution < 1.29 is 60.1 Å². The molecule has 14 heavy (non-hydrogen) atoms. The Balaban J connectivity index is 0.000000980. The second kappa shape index (κ2) is 6.07. The predicted molar refractivity (Wildman–Crippen MR) is 50.7 cm³/mol. The number of pyridine rings is 1. The third-order valence-corrected chi connectivity index (χ3v) is 1.97. The summed E-state index contributed by atoms with van der Waals surface area (Å²) in [6.45, 7) is 0. The molecule has 1 aromatic heterocycles. The molecule has 3 nitrogen and oxygen atoms in total. The van der Waals surface area contributed by atoms with Crippen molar-refractivity contribution in [1.29, 1.82) is 0 Å². The molecular weight excluding hydrogens is 225 g/mol. The summed E-state index contributed by atoms with van der Waals surface area (Å²) in [5.74, 6) is 0.512. The number of rotatable bonds is 2. The van der Waals surface area contributed by atoms with E-state index in [1.54, 1.807) is 12.3 Å². The van der Waals surface area contributed by atoms with E-state index in [4.69, 9.17) is 4.18 Å². The molecule has 0 aliphatic carbocycles. The van der Waals surface area contributed by atoms with Gasteiger partial charge in [-0.05, 0) is 24.5 Å². The van der Waals surface area contributed by atoms with Crippen LogP contribution in [0.2, 0.25) is 0 Å². The van der Waals surface area contributed by atoms with E-state index in [1.165, 1.54) is 0 Å². The topological polar surface area (TPSA) is 45.2 Å². The Hall–Kier alpha value is 0.376. The first kappa shape index (κ1) is 12.4. The molecule has 0 unspecified atom stereocenters. The normalized spacial score (nSPS) is 9.50. The van der Waals surface area contributed by atoms with Crippen molar-refractivity contribution in [2.75, 3.05) is 0 Å². The van der Waals surface area contributed by atoms with Gasteiger partial charge in [-0.1, -0.05) is 18.2 Å². The predicted octanol–water partition coefficient (Wildman–Crippen LogP) is -0.604. The minimum absolute atomic E-state index is 0. The number of nitrogens with zero attached hydrogens (tertiary/aromatic N) is 1. The van der Waals surface area contributed by atoms with Crippen LogP contribution < -0.4 is 55.6 Å². The van der Waals surface area contributed by atoms with Gasteiger partial charge in [0.1, 0.15) is 5.52 Å². The molecule has 0 atom stereocenters. The van der Waals surface area contributed by atoms with Crippen LogP contribution in [0.5, 0.6) is 5.75 Å². The maximum absolute atomic E-state index is 10.2. The van der Waals surface area contributed by atoms with Crippen molar-refractivity contribution in [2.24, 2.45) is 0 Å². The molecule has 5 heteroatoms. The molecule has 1 aromatic carbocycles. The number of para-hydroxylation sites is 1. The Morgan fingerprint density at radius 2 is 2.00 bits per heavy atom. The molecule has 0 aliphatic rings. The van der Waals surface area contributed by atoms with Gasteiger partial charge < -0.3 is 8.74 Å². The van der Waals surface area contributed by atoms with Gasteiger partial charge in [-0.2, -0.15) is 0 Å². The maximum Gasteiger partial charge on any atom is 1.00 e. The SMILES string of the molecule is [K+].[O-]SOc1cccc2cccnc12. The van der Waals surface area contributed by atoms with Gasteiger partial charge in [0.15, 0.2) is 5.75 Å². The zero-order chi connectivity index (χ0) is 9.10. The standard InChI is InChI=1S/C9H7NO2S.K/c11-13-12-8-5-1-3-7-4-2-6-10-9(7)8;/h1-6,11H;/q;+1/p-1. The van der Waals surface area contributed by atoms with Crippen molar-refractivity contribution in [3.8, 4) is 5.75 Å². The number of benzene rings is 1. The summed E-state index contributed by atoms with van der Waals surface area (Å²) in [5.41, 5.74) is 0.716. The second-order valence-electron chi connectivity index (χ2n) is 2.48. The summed E-state index contributed by atoms with van der Waals surface area (Å²) >= 11 is 0.0796. The van der Waals surface area contributed by atoms with E-state index >= 15 is 0 Å². The largest absolute Gasteiger partial charge is 1.00 e. The first-order valence-corrected chi connectivity index (χ1v) is 4.39. The molecule has 0 spiro atoms. The Morgan fingerprint density at radius 1 is 1.21 bits per heavy atom. The van der Waals surface area contributed by atoms with Crippen molar-refractivity contribution in [3.63, 3.8) is 0 Å². The van der Waals surface area contributed by atoms with Gasteiger partial charge in [0.2, 0.25) is 0 Å². The quantitative estimate of drug-likeness (QED) is 0.511. The molecule has 0 saturated heterocycles. The Labute approximate surface area is 129 Å². The van der Waals surface area contributed by atoms with Crippen molar-refractivity contribution in [1.82, 2.24) is 4.98 Å². The van der Waals surface area contributed by atoms with E-state index in [0.29, 0.717) is 11.3 Å². The average Bonchev–Trinajstić information content (AvgIpc) is 2.19. The van der Waals surface area contributed by atoms with Crippen LogP contribution in [0.25, 0.3) is 10.9 Å². The van der Waals surface area contributed by atoms with Gasteiger partial charge in [-0.25, -0.2) is 0 Å². The molecule has 2 aromatic rings. The molecule has 0 radical (unpaired) electrons. The third-order valence-electron chi connectivity index (χ3n) is 1.72. The van der Waals surface area contributed by atoms with Crippen LogP contribution in [0, 0.1) is 0 Å². The average molecular weight is 231 g/mol. The van der Waals surface area contributed by atoms with Crippen LogP contribution in [-0.2, 0) is 0 Å². The molecule has 0 amide bonds. The zero-order valence-corrected chi connectivity index (χ0v) is 11.6. The fourth-order valence-electron chi connectivity index (χ4n) is 1.18. The molecule has 0 aliphatic heterocycles. The van der Waals surface area contributed by atoms with E-state index in [1.807, 2.05) is 24.3 Å². The smallest absolute Gasteiger partial charge is 0.766 e. The molecule has 2 rings (SSSR count). The van der Waals surface area contributed by atoms with E-state index in [2.05, 4.69) is 4.98 Å². The van der Waals surface area contributed by atoms with E-state index < -0.39 is 0 Å². The molecule has 0 bridgehead atoms. The van der Waals surface area contributed by atoms with Gasteiger partial charge in [-0.3, -0.25) is 4.98 Å². The van der Waals surface area contributed by atoms with Gasteiger partial charge in [0, 0.05) is 11.6 Å². The molecule has 0 N–H and O–H groups in total. The van der Waals surface area contributed by atoms with Crippen LogP contribution in [0.4, 0.5) is 0 Å². The van der Waals surface area contributed by atoms with E-state index in [-0.39, 0.29) is 63.7 Å². The molecular formula is C9H6KNO2S. The molecule has 0 saturated carbocycles. The third kappa shape index (κ3) is 2.70. The van der Waals surface area contributed by atoms with E-state index in [0.717, 1.165) is 5.39 Å². The minimum Gasteiger partial charge on any atom is -0.766 e. The van der Waals surface area contributed by atoms with Crippen LogP contribution in [0.15, 0.2) is 36.5 Å². The fourth-order valence-corrected chi connectivity index (χ4v) is 1.39. The summed E-state index contributed by atoms with van der Waals surface area (Å²) in [7, 11) is 0. The van der Waals surface area contributed by atoms with Crippen LogP contribution in [0.3, 0.4) is 0 Å². The summed E-state index contributed by atoms with van der Waals surface area (Å²) in [5, 5.41) is 0.967. The van der Waals surface area contributed by atoms with Gasteiger partial charge >= 0.3 is 51.4 Å². The molecule has 0 fully saturated rings. The summed E-state index contributed by atoms with van der Waals surface area (Å²) in [6.07, 6.45) is 1.67. The van der Waals surface area contributed by atoms with Crippen LogP contribution in [-0.4, -0.2) is 9.54 Å². The van der Waals surface area contributed by atoms with E-state index in [9.17, 15) is 4.55 Å². The van der Waals surface area contributed by atoms with Crippen molar-refractivity contribution >= 4 is 23.2 Å². The Bertz CT molecular complexity index is 419. The molecule has 1 heterocycles. The van der Waals surface area contributed by atoms with Crippen LogP contribution in [0.1, 0.15) is 0 Å². The van der Waals surface area contributed by atoms with Gasteiger partial charge in [0.05, 0.1) is 0 Å². The van der Waals surface area contributed by atoms with Crippen molar-refractivity contribution in [2.45, 2.75) is 0 Å². The monoisotopic (exact) mass is 231 g/mol. The second-order valence-corrected chi connectivity index (χ2v) is 2.79. The minimum atomic E-state index is 0. The van der Waals surface area contributed by atoms with Crippen LogP contribution >= 0.6 is 12.3 Å². The van der Waals surface area contributed by atoms with Gasteiger partial charge in [-0.15, -0.1) is 0 Å². The number of aromatic nitrogens is 1. The number of hydrogen-bond donors (Lipinski definition) is 0. The first-order chi connectivity index (χ1) is 6.42. The summed E-state index contributed by atoms with van der Waals surface area (Å²) in [4.78, 5) is 4.12. The Morgan fingerprint density at radius 3 is 2.79 bits per heavy atom. The van der Waals surface area contributed by atoms with Crippen molar-refractivity contribution in [3.05, 3.63) is 36.5 Å². The van der Waals surface area contributed by atoms with Gasteiger partial charge in [0.25, 0.3) is 0 Å². The fraction of sp³-hybridized carbons (Fsp3) is 0. The first-order valence-electron chi connectivity index (χ1n) is 3.72.